The van der Waals surface area contributed by atoms with Crippen LogP contribution in [0.4, 0.5) is 9.59 Å². The normalized spacial score (nSPS) is 24.9. The van der Waals surface area contributed by atoms with Crippen molar-refractivity contribution >= 4 is 12.2 Å². The summed E-state index contributed by atoms with van der Waals surface area (Å²) in [5.41, 5.74) is 4.12. The molecule has 1 aliphatic carbocycles. The summed E-state index contributed by atoms with van der Waals surface area (Å²) >= 11 is 0. The van der Waals surface area contributed by atoms with E-state index in [0.717, 1.165) is 0 Å². The minimum atomic E-state index is -0.591. The third kappa shape index (κ3) is 4.60. The molecule has 0 bridgehead atoms. The molecule has 2 saturated heterocycles. The average molecular weight is 481 g/mol. The largest absolute Gasteiger partial charge is 0.448 e. The highest BCUT2D eigenvalue weighted by Crippen LogP contribution is 2.44. The van der Waals surface area contributed by atoms with Gasteiger partial charge >= 0.3 is 12.2 Å². The van der Waals surface area contributed by atoms with Crippen LogP contribution in [0.2, 0.25) is 0 Å². The second-order valence-corrected chi connectivity index (χ2v) is 10.3. The number of hydrogen-bond donors (Lipinski definition) is 1. The number of ether oxygens (including phenoxy) is 4. The van der Waals surface area contributed by atoms with Gasteiger partial charge in [0.05, 0.1) is 25.3 Å². The molecule has 8 heteroatoms. The molecule has 4 atom stereocenters. The Bertz CT molecular complexity index is 1070. The topological polar surface area (TPSA) is 86.3 Å². The molecule has 8 nitrogen and oxygen atoms in total. The summed E-state index contributed by atoms with van der Waals surface area (Å²) < 4.78 is 23.0. The number of nitrogens with one attached hydrogen (secondary N) is 1. The van der Waals surface area contributed by atoms with Crippen LogP contribution in [0.25, 0.3) is 11.1 Å². The number of amides is 2. The highest BCUT2D eigenvalue weighted by molar-refractivity contribution is 5.79. The fourth-order valence-corrected chi connectivity index (χ4v) is 5.23. The van der Waals surface area contributed by atoms with E-state index in [1.54, 1.807) is 11.9 Å². The number of carbonyl (C=O) groups excluding carboxylic acids is 2. The highest BCUT2D eigenvalue weighted by atomic mass is 16.6. The van der Waals surface area contributed by atoms with Crippen LogP contribution in [-0.2, 0) is 18.9 Å². The molecule has 186 valence electrons. The van der Waals surface area contributed by atoms with Crippen LogP contribution in [-0.4, -0.2) is 73.8 Å². The molecule has 3 aliphatic rings. The molecule has 2 heterocycles. The van der Waals surface area contributed by atoms with E-state index in [-0.39, 0.29) is 36.8 Å². The molecule has 1 N–H and O–H groups in total. The Morgan fingerprint density at radius 3 is 2.20 bits per heavy atom. The van der Waals surface area contributed by atoms with Crippen molar-refractivity contribution < 1.29 is 28.5 Å². The van der Waals surface area contributed by atoms with Crippen molar-refractivity contribution in [3.05, 3.63) is 59.7 Å². The molecule has 2 aromatic rings. The molecule has 0 spiro atoms. The number of nitrogens with zero attached hydrogens (tertiary/aromatic N) is 1. The van der Waals surface area contributed by atoms with Gasteiger partial charge in [-0.1, -0.05) is 48.5 Å². The lowest BCUT2D eigenvalue weighted by Gasteiger charge is -2.27. The Hall–Kier alpha value is -3.10. The van der Waals surface area contributed by atoms with Crippen LogP contribution in [0, 0.1) is 0 Å². The molecule has 0 radical (unpaired) electrons. The summed E-state index contributed by atoms with van der Waals surface area (Å²) in [6.45, 7) is 6.29. The summed E-state index contributed by atoms with van der Waals surface area (Å²) in [5.74, 6) is -0.00235. The van der Waals surface area contributed by atoms with Crippen LogP contribution in [0.3, 0.4) is 0 Å². The Morgan fingerprint density at radius 1 is 0.971 bits per heavy atom. The molecule has 5 rings (SSSR count). The number of alkyl carbamates (subject to hydrolysis) is 1. The van der Waals surface area contributed by atoms with Gasteiger partial charge in [-0.05, 0) is 43.0 Å². The zero-order chi connectivity index (χ0) is 24.7. The van der Waals surface area contributed by atoms with E-state index in [4.69, 9.17) is 18.9 Å². The number of hydrogen-bond acceptors (Lipinski definition) is 6. The number of benzene rings is 2. The molecule has 0 saturated carbocycles. The zero-order valence-corrected chi connectivity index (χ0v) is 20.5. The van der Waals surface area contributed by atoms with Crippen molar-refractivity contribution in [3.8, 4) is 11.1 Å². The Morgan fingerprint density at radius 2 is 1.57 bits per heavy atom. The van der Waals surface area contributed by atoms with Crippen LogP contribution >= 0.6 is 0 Å². The van der Waals surface area contributed by atoms with Crippen LogP contribution in [0.1, 0.15) is 37.8 Å². The number of rotatable bonds is 4. The lowest BCUT2D eigenvalue weighted by atomic mass is 9.98. The van der Waals surface area contributed by atoms with Gasteiger partial charge in [0, 0.05) is 13.0 Å². The second-order valence-electron chi connectivity index (χ2n) is 10.3. The molecule has 35 heavy (non-hydrogen) atoms. The first-order valence-corrected chi connectivity index (χ1v) is 12.0. The Labute approximate surface area is 205 Å². The molecule has 2 amide bonds. The summed E-state index contributed by atoms with van der Waals surface area (Å²) in [7, 11) is 1.70. The standard InChI is InChI=1S/C27H32N2O6/c1-27(2,3)35-25(30)28-21-14-32-24-22(15-33-23(21)24)29(4)26(31)34-13-20-18-11-7-5-9-16(18)17-10-6-8-12-19(17)20/h5-12,20-24H,13-15H2,1-4H3,(H,28,30)/t21-,22-,23+,24+/m0/s1. The summed E-state index contributed by atoms with van der Waals surface area (Å²) in [6.07, 6.45) is -1.63. The molecular formula is C27H32N2O6. The Kier molecular flexibility index (Phi) is 6.19. The minimum absolute atomic E-state index is 0.00235. The molecular weight excluding hydrogens is 448 g/mol. The summed E-state index contributed by atoms with van der Waals surface area (Å²) in [6, 6.07) is 15.9. The van der Waals surface area contributed by atoms with Gasteiger partial charge in [-0.25, -0.2) is 9.59 Å². The first-order valence-electron chi connectivity index (χ1n) is 12.0. The van der Waals surface area contributed by atoms with Gasteiger partial charge < -0.3 is 29.2 Å². The maximum atomic E-state index is 13.0. The van der Waals surface area contributed by atoms with Crippen molar-refractivity contribution in [2.24, 2.45) is 0 Å². The third-order valence-electron chi connectivity index (χ3n) is 6.85. The minimum Gasteiger partial charge on any atom is -0.448 e. The maximum Gasteiger partial charge on any atom is 0.409 e. The van der Waals surface area contributed by atoms with Crippen molar-refractivity contribution in [1.29, 1.82) is 0 Å². The van der Waals surface area contributed by atoms with Gasteiger partial charge in [-0.2, -0.15) is 0 Å². The highest BCUT2D eigenvalue weighted by Gasteiger charge is 2.51. The lowest BCUT2D eigenvalue weighted by Crippen LogP contribution is -2.48. The van der Waals surface area contributed by atoms with E-state index < -0.39 is 17.8 Å². The quantitative estimate of drug-likeness (QED) is 0.714. The Balaban J connectivity index is 1.20. The van der Waals surface area contributed by atoms with Gasteiger partial charge in [0.2, 0.25) is 0 Å². The van der Waals surface area contributed by atoms with E-state index >= 15 is 0 Å². The monoisotopic (exact) mass is 480 g/mol. The van der Waals surface area contributed by atoms with Gasteiger partial charge in [0.15, 0.2) is 0 Å². The third-order valence-corrected chi connectivity index (χ3v) is 6.85. The van der Waals surface area contributed by atoms with Crippen molar-refractivity contribution in [2.75, 3.05) is 26.9 Å². The van der Waals surface area contributed by atoms with Crippen LogP contribution in [0.5, 0.6) is 0 Å². The van der Waals surface area contributed by atoms with E-state index in [1.165, 1.54) is 22.3 Å². The summed E-state index contributed by atoms with van der Waals surface area (Å²) in [4.78, 5) is 26.8. The fourth-order valence-electron chi connectivity index (χ4n) is 5.23. The van der Waals surface area contributed by atoms with Crippen molar-refractivity contribution in [3.63, 3.8) is 0 Å². The molecule has 0 unspecified atom stereocenters. The van der Waals surface area contributed by atoms with E-state index in [2.05, 4.69) is 29.6 Å². The van der Waals surface area contributed by atoms with Crippen LogP contribution < -0.4 is 5.32 Å². The summed E-state index contributed by atoms with van der Waals surface area (Å²) in [5, 5.41) is 2.83. The lowest BCUT2D eigenvalue weighted by molar-refractivity contribution is 0.0361. The first-order chi connectivity index (χ1) is 16.7. The van der Waals surface area contributed by atoms with E-state index in [9.17, 15) is 9.59 Å². The van der Waals surface area contributed by atoms with Crippen molar-refractivity contribution in [2.45, 2.75) is 56.6 Å². The van der Waals surface area contributed by atoms with E-state index in [0.29, 0.717) is 13.2 Å². The van der Waals surface area contributed by atoms with Gasteiger partial charge in [-0.3, -0.25) is 0 Å². The molecule has 0 aromatic heterocycles. The zero-order valence-electron chi connectivity index (χ0n) is 20.5. The molecule has 2 fully saturated rings. The predicted molar refractivity (Wildman–Crippen MR) is 129 cm³/mol. The number of likely N-dealkylation sites (N-methyl/N-ethyl adjacent to an activating group) is 1. The number of carbonyl (C=O) groups is 2. The number of fused-ring (bicyclic) bond motifs is 4. The SMILES string of the molecule is CN(C(=O)OCC1c2ccccc2-c2ccccc21)[C@H]1CO[C@H]2[C@@H]1OC[C@@H]2NC(=O)OC(C)(C)C. The predicted octanol–water partition coefficient (Wildman–Crippen LogP) is 3.93. The molecule has 2 aromatic carbocycles. The second kappa shape index (κ2) is 9.17. The fraction of sp³-hybridized carbons (Fsp3) is 0.481. The van der Waals surface area contributed by atoms with Gasteiger partial charge in [0.1, 0.15) is 24.4 Å². The smallest absolute Gasteiger partial charge is 0.409 e. The van der Waals surface area contributed by atoms with Gasteiger partial charge in [0.25, 0.3) is 0 Å². The van der Waals surface area contributed by atoms with Gasteiger partial charge in [-0.15, -0.1) is 0 Å². The van der Waals surface area contributed by atoms with Crippen LogP contribution in [0.15, 0.2) is 48.5 Å². The first kappa shape index (κ1) is 23.6. The van der Waals surface area contributed by atoms with Crippen molar-refractivity contribution in [1.82, 2.24) is 10.2 Å². The average Bonchev–Trinajstić information content (AvgIpc) is 3.49. The molecule has 2 aliphatic heterocycles. The maximum absolute atomic E-state index is 13.0. The van der Waals surface area contributed by atoms with E-state index in [1.807, 2.05) is 45.0 Å².